The lowest BCUT2D eigenvalue weighted by atomic mass is 10.3. The highest BCUT2D eigenvalue weighted by Crippen LogP contribution is 2.24. The molecule has 2 aromatic heterocycles. The Hall–Kier alpha value is -1.81. The maximum absolute atomic E-state index is 6.09. The van der Waals surface area contributed by atoms with E-state index in [1.165, 1.54) is 0 Å². The molecule has 0 spiro atoms. The lowest BCUT2D eigenvalue weighted by Gasteiger charge is -1.89. The number of hydrogen-bond donors (Lipinski definition) is 1. The van der Waals surface area contributed by atoms with E-state index < -0.39 is 0 Å². The summed E-state index contributed by atoms with van der Waals surface area (Å²) in [7, 11) is 1.91. The van der Waals surface area contributed by atoms with Crippen LogP contribution in [0.15, 0.2) is 24.3 Å². The third kappa shape index (κ3) is 1.61. The van der Waals surface area contributed by atoms with Crippen molar-refractivity contribution in [3.63, 3.8) is 0 Å². The van der Waals surface area contributed by atoms with E-state index in [-0.39, 0.29) is 0 Å². The summed E-state index contributed by atoms with van der Waals surface area (Å²) in [6.45, 7) is 2.01. The van der Waals surface area contributed by atoms with Crippen LogP contribution in [0.25, 0.3) is 22.6 Å². The molecule has 0 atom stereocenters. The standard InChI is InChI=1S/C12H11ClN4/c1-7-6-10(16-17(7)2)12-14-9-5-3-4-8(13)11(9)15-12/h3-6H,1-2H3,(H,14,15). The van der Waals surface area contributed by atoms with Gasteiger partial charge in [-0.15, -0.1) is 0 Å². The fourth-order valence-corrected chi connectivity index (χ4v) is 2.01. The minimum absolute atomic E-state index is 0.651. The molecular weight excluding hydrogens is 236 g/mol. The minimum Gasteiger partial charge on any atom is -0.337 e. The van der Waals surface area contributed by atoms with Gasteiger partial charge in [0.25, 0.3) is 0 Å². The fraction of sp³-hybridized carbons (Fsp3) is 0.167. The number of para-hydroxylation sites is 1. The number of nitrogens with zero attached hydrogens (tertiary/aromatic N) is 3. The molecule has 5 heteroatoms. The maximum Gasteiger partial charge on any atom is 0.159 e. The van der Waals surface area contributed by atoms with E-state index >= 15 is 0 Å². The lowest BCUT2D eigenvalue weighted by Crippen LogP contribution is -1.92. The first-order chi connectivity index (χ1) is 8.15. The van der Waals surface area contributed by atoms with Gasteiger partial charge in [-0.05, 0) is 25.1 Å². The molecule has 0 aliphatic carbocycles. The average molecular weight is 247 g/mol. The Morgan fingerprint density at radius 3 is 2.82 bits per heavy atom. The van der Waals surface area contributed by atoms with Gasteiger partial charge in [-0.1, -0.05) is 17.7 Å². The first-order valence-corrected chi connectivity index (χ1v) is 5.68. The highest BCUT2D eigenvalue weighted by atomic mass is 35.5. The van der Waals surface area contributed by atoms with Crippen LogP contribution in [0.5, 0.6) is 0 Å². The second-order valence-electron chi connectivity index (χ2n) is 4.02. The predicted octanol–water partition coefficient (Wildman–Crippen LogP) is 2.93. The van der Waals surface area contributed by atoms with Crippen LogP contribution in [0.1, 0.15) is 5.69 Å². The molecule has 0 aliphatic rings. The van der Waals surface area contributed by atoms with Crippen LogP contribution in [0, 0.1) is 6.92 Å². The van der Waals surface area contributed by atoms with Crippen LogP contribution < -0.4 is 0 Å². The number of aromatic nitrogens is 4. The van der Waals surface area contributed by atoms with Crippen LogP contribution in [-0.4, -0.2) is 19.7 Å². The topological polar surface area (TPSA) is 46.5 Å². The Morgan fingerprint density at radius 2 is 2.18 bits per heavy atom. The number of aryl methyl sites for hydroxylation is 2. The Morgan fingerprint density at radius 1 is 1.35 bits per heavy atom. The second-order valence-corrected chi connectivity index (χ2v) is 4.42. The van der Waals surface area contributed by atoms with Crippen LogP contribution in [0.3, 0.4) is 0 Å². The Labute approximate surface area is 103 Å². The first kappa shape index (κ1) is 10.4. The third-order valence-electron chi connectivity index (χ3n) is 2.82. The lowest BCUT2D eigenvalue weighted by molar-refractivity contribution is 0.741. The molecule has 0 radical (unpaired) electrons. The van der Waals surface area contributed by atoms with Gasteiger partial charge in [0.2, 0.25) is 0 Å². The summed E-state index contributed by atoms with van der Waals surface area (Å²) in [5.41, 5.74) is 3.63. The van der Waals surface area contributed by atoms with Crippen molar-refractivity contribution in [1.29, 1.82) is 0 Å². The van der Waals surface area contributed by atoms with Gasteiger partial charge in [0.1, 0.15) is 11.2 Å². The summed E-state index contributed by atoms with van der Waals surface area (Å²) in [6.07, 6.45) is 0. The zero-order valence-electron chi connectivity index (χ0n) is 9.53. The smallest absolute Gasteiger partial charge is 0.159 e. The highest BCUT2D eigenvalue weighted by Gasteiger charge is 2.10. The number of fused-ring (bicyclic) bond motifs is 1. The third-order valence-corrected chi connectivity index (χ3v) is 3.12. The van der Waals surface area contributed by atoms with Gasteiger partial charge in [0.15, 0.2) is 5.82 Å². The van der Waals surface area contributed by atoms with Gasteiger partial charge in [0.05, 0.1) is 10.5 Å². The molecule has 0 unspecified atom stereocenters. The maximum atomic E-state index is 6.09. The number of nitrogens with one attached hydrogen (secondary N) is 1. The molecule has 0 amide bonds. The number of imidazole rings is 1. The molecule has 3 aromatic rings. The van der Waals surface area contributed by atoms with Crippen LogP contribution >= 0.6 is 11.6 Å². The van der Waals surface area contributed by atoms with Gasteiger partial charge in [-0.25, -0.2) is 4.98 Å². The van der Waals surface area contributed by atoms with Crippen molar-refractivity contribution in [2.75, 3.05) is 0 Å². The molecular formula is C12H11ClN4. The number of aromatic amines is 1. The summed E-state index contributed by atoms with van der Waals surface area (Å²) < 4.78 is 1.82. The normalized spacial score (nSPS) is 11.2. The largest absolute Gasteiger partial charge is 0.337 e. The van der Waals surface area contributed by atoms with E-state index in [1.54, 1.807) is 0 Å². The van der Waals surface area contributed by atoms with Gasteiger partial charge in [-0.3, -0.25) is 4.68 Å². The SMILES string of the molecule is Cc1cc(-c2nc3c(Cl)cccc3[nH]2)nn1C. The number of H-pyrrole nitrogens is 1. The molecule has 17 heavy (non-hydrogen) atoms. The summed E-state index contributed by atoms with van der Waals surface area (Å²) in [4.78, 5) is 7.70. The molecule has 86 valence electrons. The van der Waals surface area contributed by atoms with E-state index in [4.69, 9.17) is 11.6 Å². The molecule has 0 bridgehead atoms. The summed E-state index contributed by atoms with van der Waals surface area (Å²) in [6, 6.07) is 7.67. The molecule has 0 saturated carbocycles. The van der Waals surface area contributed by atoms with Gasteiger partial charge < -0.3 is 4.98 Å². The highest BCUT2D eigenvalue weighted by molar-refractivity contribution is 6.34. The van der Waals surface area contributed by atoms with E-state index in [2.05, 4.69) is 15.1 Å². The Kier molecular flexibility index (Phi) is 2.19. The van der Waals surface area contributed by atoms with Crippen molar-refractivity contribution in [1.82, 2.24) is 19.7 Å². The molecule has 1 N–H and O–H groups in total. The Balaban J connectivity index is 2.21. The van der Waals surface area contributed by atoms with Crippen molar-refractivity contribution in [2.45, 2.75) is 6.92 Å². The molecule has 0 saturated heterocycles. The van der Waals surface area contributed by atoms with Gasteiger partial charge in [-0.2, -0.15) is 5.10 Å². The first-order valence-electron chi connectivity index (χ1n) is 5.30. The van der Waals surface area contributed by atoms with Crippen molar-refractivity contribution in [3.05, 3.63) is 35.0 Å². The number of halogens is 1. The number of rotatable bonds is 1. The van der Waals surface area contributed by atoms with Crippen molar-refractivity contribution >= 4 is 22.6 Å². The number of hydrogen-bond acceptors (Lipinski definition) is 2. The quantitative estimate of drug-likeness (QED) is 0.718. The molecule has 0 aliphatic heterocycles. The van der Waals surface area contributed by atoms with Crippen molar-refractivity contribution in [2.24, 2.45) is 7.05 Å². The van der Waals surface area contributed by atoms with Gasteiger partial charge >= 0.3 is 0 Å². The van der Waals surface area contributed by atoms with E-state index in [9.17, 15) is 0 Å². The summed E-state index contributed by atoms with van der Waals surface area (Å²) >= 11 is 6.09. The van der Waals surface area contributed by atoms with E-state index in [0.29, 0.717) is 5.02 Å². The van der Waals surface area contributed by atoms with Crippen LogP contribution in [0.4, 0.5) is 0 Å². The number of benzene rings is 1. The van der Waals surface area contributed by atoms with E-state index in [1.807, 2.05) is 42.9 Å². The van der Waals surface area contributed by atoms with Crippen LogP contribution in [0.2, 0.25) is 5.02 Å². The van der Waals surface area contributed by atoms with Crippen molar-refractivity contribution < 1.29 is 0 Å². The van der Waals surface area contributed by atoms with Crippen molar-refractivity contribution in [3.8, 4) is 11.5 Å². The van der Waals surface area contributed by atoms with Crippen LogP contribution in [-0.2, 0) is 7.05 Å². The minimum atomic E-state index is 0.651. The summed E-state index contributed by atoms with van der Waals surface area (Å²) in [5.74, 6) is 0.747. The zero-order chi connectivity index (χ0) is 12.0. The Bertz CT molecular complexity index is 676. The fourth-order valence-electron chi connectivity index (χ4n) is 1.79. The predicted molar refractivity (Wildman–Crippen MR) is 68.0 cm³/mol. The molecule has 1 aromatic carbocycles. The average Bonchev–Trinajstić information content (AvgIpc) is 2.85. The zero-order valence-corrected chi connectivity index (χ0v) is 10.3. The monoisotopic (exact) mass is 246 g/mol. The van der Waals surface area contributed by atoms with E-state index in [0.717, 1.165) is 28.2 Å². The molecule has 2 heterocycles. The molecule has 3 rings (SSSR count). The molecule has 4 nitrogen and oxygen atoms in total. The summed E-state index contributed by atoms with van der Waals surface area (Å²) in [5, 5.41) is 5.04. The second kappa shape index (κ2) is 3.60. The molecule has 0 fully saturated rings. The van der Waals surface area contributed by atoms with Gasteiger partial charge in [0, 0.05) is 12.7 Å².